The number of rotatable bonds is 11. The van der Waals surface area contributed by atoms with Crippen molar-refractivity contribution < 1.29 is 13.3 Å². The molecule has 0 aromatic heterocycles. The molecule has 0 spiro atoms. The van der Waals surface area contributed by atoms with Crippen LogP contribution in [-0.2, 0) is 13.3 Å². The van der Waals surface area contributed by atoms with Crippen molar-refractivity contribution in [1.82, 2.24) is 0 Å². The van der Waals surface area contributed by atoms with Gasteiger partial charge in [-0.25, -0.2) is 0 Å². The molecule has 16 heavy (non-hydrogen) atoms. The molecule has 0 aromatic rings. The lowest BCUT2D eigenvalue weighted by Crippen LogP contribution is -2.47. The molecular formula is C12H27O3Si. The third-order valence-electron chi connectivity index (χ3n) is 1.98. The first-order chi connectivity index (χ1) is 7.74. The second-order valence-electron chi connectivity index (χ2n) is 3.76. The average molecular weight is 247 g/mol. The first-order valence-electron chi connectivity index (χ1n) is 6.50. The Balaban J connectivity index is 4.32. The van der Waals surface area contributed by atoms with E-state index in [1.54, 1.807) is 0 Å². The van der Waals surface area contributed by atoms with Crippen LogP contribution in [-0.4, -0.2) is 28.6 Å². The van der Waals surface area contributed by atoms with E-state index in [9.17, 15) is 0 Å². The quantitative estimate of drug-likeness (QED) is 0.524. The Morgan fingerprint density at radius 1 is 0.750 bits per heavy atom. The van der Waals surface area contributed by atoms with Gasteiger partial charge in [0.15, 0.2) is 0 Å². The van der Waals surface area contributed by atoms with Crippen molar-refractivity contribution in [2.45, 2.75) is 53.4 Å². The van der Waals surface area contributed by atoms with Gasteiger partial charge in [-0.05, 0) is 25.7 Å². The largest absolute Gasteiger partial charge is 0.504 e. The van der Waals surface area contributed by atoms with Crippen LogP contribution in [0, 0.1) is 6.04 Å². The zero-order valence-electron chi connectivity index (χ0n) is 11.3. The Hall–Kier alpha value is 0.0969. The van der Waals surface area contributed by atoms with Crippen LogP contribution in [0.4, 0.5) is 0 Å². The number of hydrogen-bond donors (Lipinski definition) is 0. The van der Waals surface area contributed by atoms with Gasteiger partial charge in [-0.3, -0.25) is 0 Å². The highest BCUT2D eigenvalue weighted by atomic mass is 28.4. The predicted molar refractivity (Wildman–Crippen MR) is 69.1 cm³/mol. The molecule has 0 N–H and O–H groups in total. The van der Waals surface area contributed by atoms with Gasteiger partial charge in [-0.15, -0.1) is 0 Å². The molecule has 0 bridgehead atoms. The van der Waals surface area contributed by atoms with Crippen LogP contribution in [0.5, 0.6) is 0 Å². The summed E-state index contributed by atoms with van der Waals surface area (Å²) in [6, 6.07) is 2.11. The van der Waals surface area contributed by atoms with Gasteiger partial charge in [0.05, 0.1) is 0 Å². The zero-order chi connectivity index (χ0) is 12.3. The molecule has 97 valence electrons. The summed E-state index contributed by atoms with van der Waals surface area (Å²) in [6.45, 7) is 10.6. The molecule has 0 unspecified atom stereocenters. The minimum atomic E-state index is -2.48. The molecule has 0 rings (SSSR count). The van der Waals surface area contributed by atoms with Crippen molar-refractivity contribution in [2.24, 2.45) is 0 Å². The Bertz CT molecular complexity index is 131. The molecule has 0 atom stereocenters. The third-order valence-corrected chi connectivity index (χ3v) is 4.70. The molecule has 4 heteroatoms. The van der Waals surface area contributed by atoms with Crippen molar-refractivity contribution in [2.75, 3.05) is 19.8 Å². The summed E-state index contributed by atoms with van der Waals surface area (Å²) in [5.74, 6) is 0. The van der Waals surface area contributed by atoms with E-state index in [1.807, 2.05) is 0 Å². The van der Waals surface area contributed by atoms with E-state index in [4.69, 9.17) is 13.3 Å². The lowest BCUT2D eigenvalue weighted by molar-refractivity contribution is 0.0664. The van der Waals surface area contributed by atoms with E-state index in [-0.39, 0.29) is 0 Å². The standard InChI is InChI=1S/C12H27O3Si/c1-5-9-13-16(12-8-4,14-10-6-2)15-11-7-3/h12H,5-11H2,1-4H3. The number of hydrogen-bond acceptors (Lipinski definition) is 3. The predicted octanol–water partition coefficient (Wildman–Crippen LogP) is 3.36. The summed E-state index contributed by atoms with van der Waals surface area (Å²) in [5.41, 5.74) is 0. The molecule has 0 amide bonds. The lowest BCUT2D eigenvalue weighted by atomic mass is 10.5. The van der Waals surface area contributed by atoms with Gasteiger partial charge in [0.1, 0.15) is 0 Å². The van der Waals surface area contributed by atoms with E-state index < -0.39 is 8.80 Å². The molecule has 0 aliphatic heterocycles. The third kappa shape index (κ3) is 6.63. The molecule has 0 aliphatic rings. The van der Waals surface area contributed by atoms with E-state index in [1.165, 1.54) is 0 Å². The smallest absolute Gasteiger partial charge is 0.373 e. The zero-order valence-corrected chi connectivity index (χ0v) is 12.3. The minimum Gasteiger partial charge on any atom is -0.373 e. The lowest BCUT2D eigenvalue weighted by Gasteiger charge is -2.29. The van der Waals surface area contributed by atoms with E-state index in [2.05, 4.69) is 33.7 Å². The maximum absolute atomic E-state index is 5.86. The second kappa shape index (κ2) is 10.3. The molecular weight excluding hydrogens is 220 g/mol. The Kier molecular flexibility index (Phi) is 10.3. The van der Waals surface area contributed by atoms with Crippen LogP contribution >= 0.6 is 0 Å². The van der Waals surface area contributed by atoms with Gasteiger partial charge in [0.25, 0.3) is 0 Å². The van der Waals surface area contributed by atoms with Gasteiger partial charge in [-0.1, -0.05) is 27.7 Å². The summed E-state index contributed by atoms with van der Waals surface area (Å²) < 4.78 is 17.6. The van der Waals surface area contributed by atoms with Gasteiger partial charge in [-0.2, -0.15) is 0 Å². The highest BCUT2D eigenvalue weighted by molar-refractivity contribution is 6.64. The fourth-order valence-corrected chi connectivity index (χ4v) is 3.85. The van der Waals surface area contributed by atoms with Crippen LogP contribution in [0.15, 0.2) is 0 Å². The Morgan fingerprint density at radius 3 is 1.38 bits per heavy atom. The van der Waals surface area contributed by atoms with Crippen LogP contribution in [0.25, 0.3) is 0 Å². The molecule has 0 heterocycles. The van der Waals surface area contributed by atoms with Crippen LogP contribution in [0.2, 0.25) is 0 Å². The fourth-order valence-electron chi connectivity index (χ4n) is 1.28. The van der Waals surface area contributed by atoms with Gasteiger partial charge in [0, 0.05) is 25.9 Å². The topological polar surface area (TPSA) is 27.7 Å². The first kappa shape index (κ1) is 16.1. The van der Waals surface area contributed by atoms with Gasteiger partial charge in [0.2, 0.25) is 0 Å². The van der Waals surface area contributed by atoms with Crippen LogP contribution < -0.4 is 0 Å². The van der Waals surface area contributed by atoms with Crippen LogP contribution in [0.1, 0.15) is 53.4 Å². The van der Waals surface area contributed by atoms with Crippen molar-refractivity contribution in [3.8, 4) is 0 Å². The van der Waals surface area contributed by atoms with E-state index >= 15 is 0 Å². The summed E-state index contributed by atoms with van der Waals surface area (Å²) >= 11 is 0. The molecule has 0 aliphatic carbocycles. The monoisotopic (exact) mass is 247 g/mol. The Morgan fingerprint density at radius 2 is 1.12 bits per heavy atom. The molecule has 0 saturated heterocycles. The van der Waals surface area contributed by atoms with Gasteiger partial charge < -0.3 is 13.3 Å². The van der Waals surface area contributed by atoms with Crippen molar-refractivity contribution >= 4 is 8.80 Å². The molecule has 3 nitrogen and oxygen atoms in total. The minimum absolute atomic E-state index is 0.718. The maximum Gasteiger partial charge on any atom is 0.504 e. The Labute approximate surface area is 102 Å². The SMILES string of the molecule is CC[CH][Si](OCCC)(OCCC)OCCC. The first-order valence-corrected chi connectivity index (χ1v) is 8.31. The average Bonchev–Trinajstić information content (AvgIpc) is 2.31. The van der Waals surface area contributed by atoms with E-state index in [0.29, 0.717) is 0 Å². The highest BCUT2D eigenvalue weighted by Gasteiger charge is 2.40. The molecule has 0 saturated carbocycles. The second-order valence-corrected chi connectivity index (χ2v) is 6.24. The summed E-state index contributed by atoms with van der Waals surface area (Å²) in [6.07, 6.45) is 3.93. The summed E-state index contributed by atoms with van der Waals surface area (Å²) in [5, 5.41) is 0. The molecule has 1 radical (unpaired) electrons. The van der Waals surface area contributed by atoms with Crippen LogP contribution in [0.3, 0.4) is 0 Å². The van der Waals surface area contributed by atoms with E-state index in [0.717, 1.165) is 45.5 Å². The summed E-state index contributed by atoms with van der Waals surface area (Å²) in [7, 11) is -2.48. The molecule has 0 fully saturated rings. The van der Waals surface area contributed by atoms with Crippen molar-refractivity contribution in [3.63, 3.8) is 0 Å². The fraction of sp³-hybridized carbons (Fsp3) is 0.917. The molecule has 0 aromatic carbocycles. The van der Waals surface area contributed by atoms with Gasteiger partial charge >= 0.3 is 8.80 Å². The normalized spacial score (nSPS) is 12.0. The maximum atomic E-state index is 5.86. The highest BCUT2D eigenvalue weighted by Crippen LogP contribution is 2.17. The van der Waals surface area contributed by atoms with Crippen molar-refractivity contribution in [3.05, 3.63) is 6.04 Å². The summed E-state index contributed by atoms with van der Waals surface area (Å²) in [4.78, 5) is 0. The van der Waals surface area contributed by atoms with Crippen molar-refractivity contribution in [1.29, 1.82) is 0 Å².